The normalized spacial score (nSPS) is 18.1. The number of rotatable bonds is 9. The molecule has 0 fully saturated rings. The minimum atomic E-state index is -1.03. The molecule has 0 saturated heterocycles. The van der Waals surface area contributed by atoms with Crippen molar-refractivity contribution in [1.82, 2.24) is 0 Å². The maximum Gasteiger partial charge on any atom is 0.333 e. The van der Waals surface area contributed by atoms with Crippen molar-refractivity contribution in [2.45, 2.75) is 45.3 Å². The standard InChI is InChI=1S/C30H32N2O7/c1-19(2)27(33)37-15-12-22-18-23(32(35)36)17-21-11-13-30(39-26(21)22)29(5,6)24-9-7-8-10-25(24)31(30)14-16-38-28(34)20(3)4/h7-11,13,17-18H,1,3,12,14-16H2,2,4-6H3. The summed E-state index contributed by atoms with van der Waals surface area (Å²) in [4.78, 5) is 37.3. The molecule has 0 saturated carbocycles. The number of carbonyl (C=O) groups excluding carboxylic acids is 2. The van der Waals surface area contributed by atoms with Gasteiger partial charge in [0.05, 0.1) is 23.5 Å². The summed E-state index contributed by atoms with van der Waals surface area (Å²) >= 11 is 0. The molecule has 4 rings (SSSR count). The fraction of sp³-hybridized carbons (Fsp3) is 0.333. The van der Waals surface area contributed by atoms with Gasteiger partial charge in [-0.2, -0.15) is 0 Å². The molecule has 0 N–H and O–H groups in total. The number of ether oxygens (including phenoxy) is 3. The lowest BCUT2D eigenvalue weighted by Gasteiger charge is -2.47. The van der Waals surface area contributed by atoms with E-state index in [9.17, 15) is 19.7 Å². The lowest BCUT2D eigenvalue weighted by Crippen LogP contribution is -2.60. The number of esters is 2. The average Bonchev–Trinajstić information content (AvgIpc) is 3.06. The second-order valence-corrected chi connectivity index (χ2v) is 10.3. The number of benzene rings is 2. The van der Waals surface area contributed by atoms with Crippen molar-refractivity contribution in [2.24, 2.45) is 0 Å². The Morgan fingerprint density at radius 3 is 2.33 bits per heavy atom. The number of fused-ring (bicyclic) bond motifs is 2. The Kier molecular flexibility index (Phi) is 7.37. The molecule has 1 spiro atoms. The van der Waals surface area contributed by atoms with Gasteiger partial charge >= 0.3 is 11.9 Å². The first-order chi connectivity index (χ1) is 18.4. The van der Waals surface area contributed by atoms with Gasteiger partial charge in [-0.25, -0.2) is 9.59 Å². The third-order valence-electron chi connectivity index (χ3n) is 7.15. The number of nitro benzene ring substituents is 1. The van der Waals surface area contributed by atoms with Crippen LogP contribution in [0, 0.1) is 10.1 Å². The zero-order valence-corrected chi connectivity index (χ0v) is 22.6. The second-order valence-electron chi connectivity index (χ2n) is 10.3. The summed E-state index contributed by atoms with van der Waals surface area (Å²) in [6.45, 7) is 14.9. The summed E-state index contributed by atoms with van der Waals surface area (Å²) in [5.41, 5.74) is 1.96. The molecule has 2 aliphatic heterocycles. The lowest BCUT2D eigenvalue weighted by molar-refractivity contribution is -0.385. The molecule has 2 aliphatic rings. The summed E-state index contributed by atoms with van der Waals surface area (Å²) in [5.74, 6) is -0.533. The molecular weight excluding hydrogens is 500 g/mol. The van der Waals surface area contributed by atoms with Gasteiger partial charge in [0.25, 0.3) is 5.69 Å². The number of anilines is 1. The summed E-state index contributed by atoms with van der Waals surface area (Å²) < 4.78 is 17.6. The molecule has 1 unspecified atom stereocenters. The molecule has 9 heteroatoms. The molecule has 0 amide bonds. The zero-order chi connectivity index (χ0) is 28.5. The molecule has 0 bridgehead atoms. The zero-order valence-electron chi connectivity index (χ0n) is 22.6. The number of non-ortho nitro benzene ring substituents is 1. The Balaban J connectivity index is 1.75. The van der Waals surface area contributed by atoms with Crippen LogP contribution >= 0.6 is 0 Å². The van der Waals surface area contributed by atoms with Crippen LogP contribution in [-0.4, -0.2) is 42.3 Å². The third-order valence-corrected chi connectivity index (χ3v) is 7.15. The molecule has 0 aliphatic carbocycles. The summed E-state index contributed by atoms with van der Waals surface area (Å²) in [7, 11) is 0. The highest BCUT2D eigenvalue weighted by Gasteiger charge is 2.59. The van der Waals surface area contributed by atoms with E-state index in [0.29, 0.717) is 29.0 Å². The Labute approximate surface area is 227 Å². The topological polar surface area (TPSA) is 108 Å². The van der Waals surface area contributed by atoms with Crippen molar-refractivity contribution in [3.8, 4) is 5.75 Å². The van der Waals surface area contributed by atoms with E-state index in [4.69, 9.17) is 14.2 Å². The minimum absolute atomic E-state index is 0.00354. The van der Waals surface area contributed by atoms with Crippen molar-refractivity contribution < 1.29 is 28.7 Å². The smallest absolute Gasteiger partial charge is 0.333 e. The summed E-state index contributed by atoms with van der Waals surface area (Å²) in [5, 5.41) is 11.7. The van der Waals surface area contributed by atoms with Crippen LogP contribution in [-0.2, 0) is 30.9 Å². The van der Waals surface area contributed by atoms with Crippen LogP contribution in [0.1, 0.15) is 44.4 Å². The molecule has 39 heavy (non-hydrogen) atoms. The predicted molar refractivity (Wildman–Crippen MR) is 148 cm³/mol. The molecule has 0 aromatic heterocycles. The highest BCUT2D eigenvalue weighted by molar-refractivity contribution is 5.87. The second kappa shape index (κ2) is 10.4. The van der Waals surface area contributed by atoms with E-state index >= 15 is 0 Å². The van der Waals surface area contributed by atoms with Crippen molar-refractivity contribution in [1.29, 1.82) is 0 Å². The van der Waals surface area contributed by atoms with E-state index < -0.39 is 28.0 Å². The van der Waals surface area contributed by atoms with E-state index in [1.54, 1.807) is 13.8 Å². The van der Waals surface area contributed by atoms with Crippen LogP contribution in [0.15, 0.2) is 66.8 Å². The number of para-hydroxylation sites is 1. The van der Waals surface area contributed by atoms with Crippen LogP contribution in [0.25, 0.3) is 6.08 Å². The van der Waals surface area contributed by atoms with Crippen molar-refractivity contribution in [3.05, 3.63) is 93.6 Å². The first-order valence-electron chi connectivity index (χ1n) is 12.6. The van der Waals surface area contributed by atoms with Gasteiger partial charge in [0.1, 0.15) is 12.4 Å². The molecule has 204 valence electrons. The monoisotopic (exact) mass is 532 g/mol. The Bertz CT molecular complexity index is 1410. The largest absolute Gasteiger partial charge is 0.462 e. The van der Waals surface area contributed by atoms with E-state index in [1.807, 2.05) is 36.4 Å². The fourth-order valence-corrected chi connectivity index (χ4v) is 5.07. The molecule has 2 aromatic carbocycles. The molecule has 9 nitrogen and oxygen atoms in total. The molecule has 2 aromatic rings. The van der Waals surface area contributed by atoms with Gasteiger partial charge in [-0.1, -0.05) is 31.4 Å². The van der Waals surface area contributed by atoms with Gasteiger partial charge in [0.2, 0.25) is 5.72 Å². The first-order valence-corrected chi connectivity index (χ1v) is 12.6. The maximum absolute atomic E-state index is 12.1. The quantitative estimate of drug-likeness (QED) is 0.186. The van der Waals surface area contributed by atoms with E-state index in [0.717, 1.165) is 11.3 Å². The molecule has 1 atom stereocenters. The summed E-state index contributed by atoms with van der Waals surface area (Å²) in [6.07, 6.45) is 3.94. The van der Waals surface area contributed by atoms with Crippen LogP contribution in [0.4, 0.5) is 11.4 Å². The van der Waals surface area contributed by atoms with Gasteiger partial charge in [-0.3, -0.25) is 10.1 Å². The molecule has 0 radical (unpaired) electrons. The Morgan fingerprint density at radius 1 is 1.05 bits per heavy atom. The van der Waals surface area contributed by atoms with Crippen LogP contribution in [0.3, 0.4) is 0 Å². The highest BCUT2D eigenvalue weighted by Crippen LogP contribution is 2.55. The van der Waals surface area contributed by atoms with E-state index in [1.165, 1.54) is 12.1 Å². The minimum Gasteiger partial charge on any atom is -0.462 e. The number of hydrogen-bond acceptors (Lipinski definition) is 8. The van der Waals surface area contributed by atoms with Crippen molar-refractivity contribution in [2.75, 3.05) is 24.7 Å². The van der Waals surface area contributed by atoms with Crippen LogP contribution in [0.2, 0.25) is 0 Å². The number of carbonyl (C=O) groups is 2. The van der Waals surface area contributed by atoms with Crippen molar-refractivity contribution >= 4 is 29.4 Å². The van der Waals surface area contributed by atoms with Crippen molar-refractivity contribution in [3.63, 3.8) is 0 Å². The SMILES string of the molecule is C=C(C)C(=O)OCCc1cc([N+](=O)[O-])cc2c1OC1(C=C2)N(CCOC(=O)C(=C)C)c2ccccc2C1(C)C. The van der Waals surface area contributed by atoms with Gasteiger partial charge in [0, 0.05) is 46.5 Å². The Hall–Kier alpha value is -4.40. The summed E-state index contributed by atoms with van der Waals surface area (Å²) in [6, 6.07) is 10.9. The average molecular weight is 533 g/mol. The third kappa shape index (κ3) is 4.92. The molecule has 2 heterocycles. The van der Waals surface area contributed by atoms with Gasteiger partial charge < -0.3 is 19.1 Å². The lowest BCUT2D eigenvalue weighted by atomic mass is 9.76. The Morgan fingerprint density at radius 2 is 1.69 bits per heavy atom. The number of nitro groups is 1. The van der Waals surface area contributed by atoms with E-state index in [-0.39, 0.29) is 30.9 Å². The number of hydrogen-bond donors (Lipinski definition) is 0. The van der Waals surface area contributed by atoms with E-state index in [2.05, 4.69) is 31.9 Å². The van der Waals surface area contributed by atoms with Gasteiger partial charge in [-0.15, -0.1) is 0 Å². The highest BCUT2D eigenvalue weighted by atomic mass is 16.6. The van der Waals surface area contributed by atoms with Gasteiger partial charge in [0.15, 0.2) is 0 Å². The fourth-order valence-electron chi connectivity index (χ4n) is 5.07. The van der Waals surface area contributed by atoms with Gasteiger partial charge in [-0.05, 0) is 51.5 Å². The number of nitrogens with zero attached hydrogens (tertiary/aromatic N) is 2. The maximum atomic E-state index is 12.1. The van der Waals surface area contributed by atoms with Crippen LogP contribution in [0.5, 0.6) is 5.75 Å². The predicted octanol–water partition coefficient (Wildman–Crippen LogP) is 5.28. The first kappa shape index (κ1) is 27.6. The van der Waals surface area contributed by atoms with Crippen LogP contribution < -0.4 is 9.64 Å². The molecular formula is C30H32N2O7.